The second-order valence-corrected chi connectivity index (χ2v) is 6.48. The van der Waals surface area contributed by atoms with Crippen LogP contribution in [0.4, 0.5) is 22.0 Å². The molecule has 0 N–H and O–H groups in total. The van der Waals surface area contributed by atoms with Crippen LogP contribution in [0.25, 0.3) is 0 Å². The number of hydrogen-bond donors (Lipinski definition) is 0. The number of halogens is 5. The number of hydrogen-bond acceptors (Lipinski definition) is 2. The summed E-state index contributed by atoms with van der Waals surface area (Å²) in [5.74, 6) is -3.86. The standard InChI is InChI=1S/C17H17F5O2/c1-9(17(20,21)22)7-11-14(16(11,2)3)15(23)24-8-10-12(18)5-4-6-13(10)19/h4-7,11,14H,8H2,1-3H3/b9-7+/t11-,14-/m0/s1. The van der Waals surface area contributed by atoms with Gasteiger partial charge in [-0.2, -0.15) is 13.2 Å². The van der Waals surface area contributed by atoms with Gasteiger partial charge in [-0.3, -0.25) is 4.79 Å². The highest BCUT2D eigenvalue weighted by Crippen LogP contribution is 2.60. The van der Waals surface area contributed by atoms with Gasteiger partial charge in [-0.15, -0.1) is 0 Å². The van der Waals surface area contributed by atoms with Crippen molar-refractivity contribution < 1.29 is 31.5 Å². The summed E-state index contributed by atoms with van der Waals surface area (Å²) in [7, 11) is 0. The zero-order valence-electron chi connectivity index (χ0n) is 13.4. The molecule has 24 heavy (non-hydrogen) atoms. The van der Waals surface area contributed by atoms with E-state index in [0.29, 0.717) is 0 Å². The van der Waals surface area contributed by atoms with E-state index in [2.05, 4.69) is 0 Å². The Labute approximate surface area is 136 Å². The quantitative estimate of drug-likeness (QED) is 0.444. The number of esters is 1. The largest absolute Gasteiger partial charge is 0.460 e. The normalized spacial score (nSPS) is 23.1. The maximum Gasteiger partial charge on any atom is 0.412 e. The van der Waals surface area contributed by atoms with Crippen molar-refractivity contribution in [3.8, 4) is 0 Å². The fraction of sp³-hybridized carbons (Fsp3) is 0.471. The molecule has 1 fully saturated rings. The van der Waals surface area contributed by atoms with Crippen LogP contribution < -0.4 is 0 Å². The van der Waals surface area contributed by atoms with Gasteiger partial charge in [0.1, 0.15) is 18.2 Å². The van der Waals surface area contributed by atoms with E-state index in [-0.39, 0.29) is 5.56 Å². The Balaban J connectivity index is 2.06. The maximum atomic E-state index is 13.5. The summed E-state index contributed by atoms with van der Waals surface area (Å²) in [5.41, 5.74) is -1.86. The van der Waals surface area contributed by atoms with Gasteiger partial charge in [0.25, 0.3) is 0 Å². The minimum atomic E-state index is -4.45. The monoisotopic (exact) mass is 348 g/mol. The van der Waals surface area contributed by atoms with E-state index in [1.807, 2.05) is 0 Å². The molecule has 132 valence electrons. The third-order valence-corrected chi connectivity index (χ3v) is 4.46. The first-order valence-electron chi connectivity index (χ1n) is 7.31. The topological polar surface area (TPSA) is 26.3 Å². The molecule has 0 radical (unpaired) electrons. The molecule has 0 saturated heterocycles. The van der Waals surface area contributed by atoms with Crippen LogP contribution in [0, 0.1) is 28.9 Å². The molecule has 0 amide bonds. The molecule has 1 aliphatic rings. The fourth-order valence-corrected chi connectivity index (χ4v) is 2.71. The predicted octanol–water partition coefficient (Wildman–Crippen LogP) is 4.79. The molecule has 0 spiro atoms. The van der Waals surface area contributed by atoms with Gasteiger partial charge in [0, 0.05) is 5.57 Å². The van der Waals surface area contributed by atoms with E-state index < -0.39 is 53.2 Å². The molecule has 1 aromatic carbocycles. The van der Waals surface area contributed by atoms with Crippen molar-refractivity contribution in [3.05, 3.63) is 47.0 Å². The van der Waals surface area contributed by atoms with Crippen LogP contribution in [0.3, 0.4) is 0 Å². The van der Waals surface area contributed by atoms with Crippen LogP contribution in [0.15, 0.2) is 29.8 Å². The zero-order valence-corrected chi connectivity index (χ0v) is 13.4. The van der Waals surface area contributed by atoms with Crippen LogP contribution in [0.1, 0.15) is 26.3 Å². The summed E-state index contributed by atoms with van der Waals surface area (Å²) in [4.78, 5) is 12.1. The first kappa shape index (κ1) is 18.4. The smallest absolute Gasteiger partial charge is 0.412 e. The van der Waals surface area contributed by atoms with Crippen molar-refractivity contribution in [2.75, 3.05) is 0 Å². The van der Waals surface area contributed by atoms with E-state index in [1.54, 1.807) is 13.8 Å². The molecular formula is C17H17F5O2. The van der Waals surface area contributed by atoms with Crippen molar-refractivity contribution in [2.24, 2.45) is 17.3 Å². The molecule has 1 aliphatic carbocycles. The SMILES string of the molecule is C/C(=C\[C@H]1[C@@H](C(=O)OCc2c(F)cccc2F)C1(C)C)C(F)(F)F. The summed E-state index contributed by atoms with van der Waals surface area (Å²) in [6, 6.07) is 3.25. The van der Waals surface area contributed by atoms with Crippen LogP contribution in [-0.2, 0) is 16.1 Å². The lowest BCUT2D eigenvalue weighted by atomic mass is 10.1. The predicted molar refractivity (Wildman–Crippen MR) is 76.7 cm³/mol. The van der Waals surface area contributed by atoms with E-state index in [0.717, 1.165) is 25.1 Å². The lowest BCUT2D eigenvalue weighted by Gasteiger charge is -2.07. The molecular weight excluding hydrogens is 331 g/mol. The van der Waals surface area contributed by atoms with Gasteiger partial charge in [-0.25, -0.2) is 8.78 Å². The Morgan fingerprint density at radius 1 is 1.25 bits per heavy atom. The Morgan fingerprint density at radius 3 is 2.29 bits per heavy atom. The van der Waals surface area contributed by atoms with Gasteiger partial charge in [-0.05, 0) is 30.4 Å². The van der Waals surface area contributed by atoms with Crippen molar-refractivity contribution in [1.29, 1.82) is 0 Å². The second kappa shape index (κ2) is 6.18. The Bertz CT molecular complexity index is 656. The average Bonchev–Trinajstić information content (AvgIpc) is 2.98. The Morgan fingerprint density at radius 2 is 1.79 bits per heavy atom. The first-order valence-corrected chi connectivity index (χ1v) is 7.31. The van der Waals surface area contributed by atoms with E-state index in [9.17, 15) is 26.7 Å². The second-order valence-electron chi connectivity index (χ2n) is 6.48. The fourth-order valence-electron chi connectivity index (χ4n) is 2.71. The number of carbonyl (C=O) groups is 1. The molecule has 1 saturated carbocycles. The summed E-state index contributed by atoms with van der Waals surface area (Å²) in [6.45, 7) is 3.63. The number of rotatable bonds is 4. The Hall–Kier alpha value is -1.92. The van der Waals surface area contributed by atoms with Gasteiger partial charge in [-0.1, -0.05) is 26.0 Å². The highest BCUT2D eigenvalue weighted by atomic mass is 19.4. The molecule has 0 heterocycles. The third-order valence-electron chi connectivity index (χ3n) is 4.46. The summed E-state index contributed by atoms with van der Waals surface area (Å²) in [5, 5.41) is 0. The number of benzene rings is 1. The van der Waals surface area contributed by atoms with Crippen molar-refractivity contribution in [3.63, 3.8) is 0 Å². The lowest BCUT2D eigenvalue weighted by molar-refractivity contribution is -0.147. The molecule has 1 aromatic rings. The first-order chi connectivity index (χ1) is 11.0. The molecule has 7 heteroatoms. The molecule has 0 bridgehead atoms. The highest BCUT2D eigenvalue weighted by molar-refractivity contribution is 5.78. The molecule has 0 aliphatic heterocycles. The van der Waals surface area contributed by atoms with Gasteiger partial charge in [0.2, 0.25) is 0 Å². The number of allylic oxidation sites excluding steroid dienone is 2. The lowest BCUT2D eigenvalue weighted by Crippen LogP contribution is -2.12. The number of carbonyl (C=O) groups excluding carboxylic acids is 1. The molecule has 0 unspecified atom stereocenters. The highest BCUT2D eigenvalue weighted by Gasteiger charge is 2.62. The van der Waals surface area contributed by atoms with Crippen LogP contribution >= 0.6 is 0 Å². The Kier molecular flexibility index (Phi) is 4.74. The number of alkyl halides is 3. The van der Waals surface area contributed by atoms with E-state index >= 15 is 0 Å². The maximum absolute atomic E-state index is 13.5. The van der Waals surface area contributed by atoms with E-state index in [4.69, 9.17) is 4.74 Å². The summed E-state index contributed by atoms with van der Waals surface area (Å²) >= 11 is 0. The average molecular weight is 348 g/mol. The van der Waals surface area contributed by atoms with Gasteiger partial charge < -0.3 is 4.74 Å². The van der Waals surface area contributed by atoms with E-state index in [1.165, 1.54) is 6.07 Å². The van der Waals surface area contributed by atoms with Gasteiger partial charge >= 0.3 is 12.1 Å². The van der Waals surface area contributed by atoms with Crippen LogP contribution in [0.5, 0.6) is 0 Å². The van der Waals surface area contributed by atoms with Crippen LogP contribution in [0.2, 0.25) is 0 Å². The molecule has 0 aromatic heterocycles. The molecule has 2 rings (SSSR count). The van der Waals surface area contributed by atoms with Crippen molar-refractivity contribution in [2.45, 2.75) is 33.6 Å². The molecule has 2 atom stereocenters. The minimum absolute atomic E-state index is 0.386. The third kappa shape index (κ3) is 3.60. The zero-order chi connectivity index (χ0) is 18.3. The molecule has 2 nitrogen and oxygen atoms in total. The minimum Gasteiger partial charge on any atom is -0.460 e. The van der Waals surface area contributed by atoms with Crippen LogP contribution in [-0.4, -0.2) is 12.1 Å². The van der Waals surface area contributed by atoms with Crippen molar-refractivity contribution >= 4 is 5.97 Å². The van der Waals surface area contributed by atoms with Gasteiger partial charge in [0.05, 0.1) is 11.5 Å². The van der Waals surface area contributed by atoms with Crippen molar-refractivity contribution in [1.82, 2.24) is 0 Å². The summed E-state index contributed by atoms with van der Waals surface area (Å²) in [6.07, 6.45) is -3.45. The summed E-state index contributed by atoms with van der Waals surface area (Å²) < 4.78 is 69.7. The van der Waals surface area contributed by atoms with Gasteiger partial charge in [0.15, 0.2) is 0 Å². The number of ether oxygens (including phenoxy) is 1.